The fraction of sp³-hybridized carbons (Fsp3) is 0.280. The molecule has 2 aromatic rings. The van der Waals surface area contributed by atoms with E-state index in [4.69, 9.17) is 21.1 Å². The Morgan fingerprint density at radius 2 is 1.88 bits per heavy atom. The van der Waals surface area contributed by atoms with Crippen molar-refractivity contribution in [1.82, 2.24) is 5.01 Å². The third-order valence-corrected chi connectivity index (χ3v) is 6.76. The molecule has 5 rings (SSSR count). The summed E-state index contributed by atoms with van der Waals surface area (Å²) in [6.45, 7) is 0.114. The van der Waals surface area contributed by atoms with Crippen LogP contribution >= 0.6 is 11.6 Å². The minimum atomic E-state index is -0.322. The molecule has 1 saturated carbocycles. The first-order valence-electron chi connectivity index (χ1n) is 10.6. The molecule has 8 heteroatoms. The summed E-state index contributed by atoms with van der Waals surface area (Å²) < 4.78 is 11.4. The highest BCUT2D eigenvalue weighted by atomic mass is 35.5. The van der Waals surface area contributed by atoms with Crippen LogP contribution < -0.4 is 9.47 Å². The smallest absolute Gasteiger partial charge is 0.254 e. The zero-order chi connectivity index (χ0) is 23.1. The van der Waals surface area contributed by atoms with Gasteiger partial charge in [-0.15, -0.1) is 0 Å². The zero-order valence-corrected chi connectivity index (χ0v) is 18.5. The van der Waals surface area contributed by atoms with E-state index in [0.717, 1.165) is 11.4 Å². The second-order valence-electron chi connectivity index (χ2n) is 8.32. The number of ether oxygens (including phenoxy) is 2. The lowest BCUT2D eigenvalue weighted by Crippen LogP contribution is -2.28. The van der Waals surface area contributed by atoms with Gasteiger partial charge in [0.1, 0.15) is 6.61 Å². The number of nitrogens with zero attached hydrogens (tertiary/aromatic N) is 3. The summed E-state index contributed by atoms with van der Waals surface area (Å²) in [5, 5.41) is 14.9. The van der Waals surface area contributed by atoms with Gasteiger partial charge in [0.25, 0.3) is 11.8 Å². The standard InChI is InChI=1S/C25H20ClN3O4/c1-32-20-10-19(26)9-18(23(20)33-13-17-5-3-2-4-16(17)11-27)12-28-29-24(30)21-14-6-7-15(8-14)22(21)25(29)31/h2-7,9-10,12,14-15,21-22H,8,13H2,1H3. The van der Waals surface area contributed by atoms with Crippen LogP contribution in [0, 0.1) is 35.0 Å². The van der Waals surface area contributed by atoms with Crippen LogP contribution in [0.1, 0.15) is 23.1 Å². The molecule has 0 aromatic heterocycles. The first kappa shape index (κ1) is 21.2. The van der Waals surface area contributed by atoms with E-state index in [1.807, 2.05) is 18.2 Å². The summed E-state index contributed by atoms with van der Waals surface area (Å²) >= 11 is 6.25. The maximum Gasteiger partial charge on any atom is 0.254 e. The van der Waals surface area contributed by atoms with Crippen molar-refractivity contribution in [2.75, 3.05) is 7.11 Å². The highest BCUT2D eigenvalue weighted by molar-refractivity contribution is 6.31. The highest BCUT2D eigenvalue weighted by Crippen LogP contribution is 2.52. The molecule has 2 aliphatic carbocycles. The number of carbonyl (C=O) groups is 2. The number of allylic oxidation sites excluding steroid dienone is 2. The van der Waals surface area contributed by atoms with Crippen molar-refractivity contribution in [3.63, 3.8) is 0 Å². The average Bonchev–Trinajstić information content (AvgIpc) is 3.51. The van der Waals surface area contributed by atoms with Crippen molar-refractivity contribution in [3.05, 3.63) is 70.3 Å². The van der Waals surface area contributed by atoms with Crippen LogP contribution in [0.4, 0.5) is 0 Å². The number of carbonyl (C=O) groups excluding carboxylic acids is 2. The Hall–Kier alpha value is -3.63. The molecule has 2 amide bonds. The van der Waals surface area contributed by atoms with Crippen molar-refractivity contribution >= 4 is 29.6 Å². The number of methoxy groups -OCH3 is 1. The van der Waals surface area contributed by atoms with Gasteiger partial charge in [-0.3, -0.25) is 9.59 Å². The molecule has 2 bridgehead atoms. The summed E-state index contributed by atoms with van der Waals surface area (Å²) in [7, 11) is 1.49. The van der Waals surface area contributed by atoms with Gasteiger partial charge >= 0.3 is 0 Å². The molecule has 33 heavy (non-hydrogen) atoms. The topological polar surface area (TPSA) is 92.0 Å². The maximum absolute atomic E-state index is 12.9. The molecular formula is C25H20ClN3O4. The summed E-state index contributed by atoms with van der Waals surface area (Å²) in [4.78, 5) is 25.8. The number of benzene rings is 2. The van der Waals surface area contributed by atoms with Crippen molar-refractivity contribution in [1.29, 1.82) is 5.26 Å². The predicted molar refractivity (Wildman–Crippen MR) is 121 cm³/mol. The predicted octanol–water partition coefficient (Wildman–Crippen LogP) is 3.94. The Bertz CT molecular complexity index is 1220. The molecule has 0 radical (unpaired) electrons. The second-order valence-corrected chi connectivity index (χ2v) is 8.75. The number of imide groups is 1. The van der Waals surface area contributed by atoms with Gasteiger partial charge in [0.05, 0.1) is 36.8 Å². The molecule has 166 valence electrons. The lowest BCUT2D eigenvalue weighted by molar-refractivity contribution is -0.140. The minimum absolute atomic E-state index is 0.113. The summed E-state index contributed by atoms with van der Waals surface area (Å²) in [5.74, 6) is -0.233. The number of hydrogen-bond donors (Lipinski definition) is 0. The van der Waals surface area contributed by atoms with Gasteiger partial charge in [0.15, 0.2) is 11.5 Å². The van der Waals surface area contributed by atoms with Crippen LogP contribution in [0.2, 0.25) is 5.02 Å². The zero-order valence-electron chi connectivity index (χ0n) is 17.8. The first-order valence-corrected chi connectivity index (χ1v) is 11.0. The van der Waals surface area contributed by atoms with Crippen molar-refractivity contribution in [3.8, 4) is 17.6 Å². The number of halogens is 1. The number of hydrogen-bond acceptors (Lipinski definition) is 6. The van der Waals surface area contributed by atoms with E-state index in [0.29, 0.717) is 33.2 Å². The van der Waals surface area contributed by atoms with Crippen LogP contribution in [0.15, 0.2) is 53.7 Å². The molecule has 3 aliphatic rings. The molecule has 0 spiro atoms. The molecule has 1 saturated heterocycles. The van der Waals surface area contributed by atoms with Gasteiger partial charge in [-0.1, -0.05) is 42.0 Å². The van der Waals surface area contributed by atoms with Crippen molar-refractivity contribution in [2.45, 2.75) is 13.0 Å². The van der Waals surface area contributed by atoms with Crippen LogP contribution in [-0.4, -0.2) is 30.1 Å². The molecule has 2 aromatic carbocycles. The Morgan fingerprint density at radius 3 is 2.55 bits per heavy atom. The Kier molecular flexibility index (Phi) is 5.39. The molecule has 1 heterocycles. The van der Waals surface area contributed by atoms with E-state index >= 15 is 0 Å². The fourth-order valence-electron chi connectivity index (χ4n) is 5.02. The number of rotatable bonds is 6. The van der Waals surface area contributed by atoms with Crippen molar-refractivity contribution in [2.24, 2.45) is 28.8 Å². The Balaban J connectivity index is 1.43. The third kappa shape index (κ3) is 3.57. The Morgan fingerprint density at radius 1 is 1.18 bits per heavy atom. The SMILES string of the molecule is COc1cc(Cl)cc(C=NN2C(=O)C3C4C=CC(C4)C3C2=O)c1OCc1ccccc1C#N. The lowest BCUT2D eigenvalue weighted by Gasteiger charge is -2.15. The number of nitriles is 1. The lowest BCUT2D eigenvalue weighted by atomic mass is 9.85. The molecule has 4 atom stereocenters. The summed E-state index contributed by atoms with van der Waals surface area (Å²) in [6.07, 6.45) is 6.33. The van der Waals surface area contributed by atoms with Gasteiger partial charge in [-0.2, -0.15) is 15.4 Å². The van der Waals surface area contributed by atoms with Gasteiger partial charge in [-0.05, 0) is 30.4 Å². The molecule has 1 aliphatic heterocycles. The number of fused-ring (bicyclic) bond motifs is 5. The normalized spacial score (nSPS) is 25.1. The van der Waals surface area contributed by atoms with Crippen LogP contribution in [0.3, 0.4) is 0 Å². The Labute approximate surface area is 195 Å². The monoisotopic (exact) mass is 461 g/mol. The van der Waals surface area contributed by atoms with E-state index in [2.05, 4.69) is 11.2 Å². The fourth-order valence-corrected chi connectivity index (χ4v) is 5.23. The maximum atomic E-state index is 12.9. The summed E-state index contributed by atoms with van der Waals surface area (Å²) in [6, 6.07) is 12.5. The van der Waals surface area contributed by atoms with E-state index in [1.54, 1.807) is 30.3 Å². The van der Waals surface area contributed by atoms with E-state index in [1.165, 1.54) is 13.3 Å². The molecule has 4 unspecified atom stereocenters. The van der Waals surface area contributed by atoms with E-state index in [-0.39, 0.29) is 42.1 Å². The van der Waals surface area contributed by atoms with E-state index < -0.39 is 0 Å². The minimum Gasteiger partial charge on any atom is -0.493 e. The highest BCUT2D eigenvalue weighted by Gasteiger charge is 2.59. The first-order chi connectivity index (χ1) is 16.0. The van der Waals surface area contributed by atoms with Gasteiger partial charge in [-0.25, -0.2) is 0 Å². The largest absolute Gasteiger partial charge is 0.493 e. The molecule has 2 fully saturated rings. The third-order valence-electron chi connectivity index (χ3n) is 6.54. The second kappa shape index (κ2) is 8.38. The van der Waals surface area contributed by atoms with E-state index in [9.17, 15) is 14.9 Å². The molecular weight excluding hydrogens is 442 g/mol. The van der Waals surface area contributed by atoms with Crippen molar-refractivity contribution < 1.29 is 19.1 Å². The van der Waals surface area contributed by atoms with Crippen LogP contribution in [0.5, 0.6) is 11.5 Å². The summed E-state index contributed by atoms with van der Waals surface area (Å²) in [5.41, 5.74) is 1.66. The van der Waals surface area contributed by atoms with Gasteiger partial charge < -0.3 is 9.47 Å². The number of hydrazone groups is 1. The van der Waals surface area contributed by atoms with Crippen LogP contribution in [0.25, 0.3) is 0 Å². The van der Waals surface area contributed by atoms with Gasteiger partial charge in [0, 0.05) is 22.2 Å². The molecule has 7 nitrogen and oxygen atoms in total. The quantitative estimate of drug-likeness (QED) is 0.369. The van der Waals surface area contributed by atoms with Gasteiger partial charge in [0.2, 0.25) is 0 Å². The molecule has 0 N–H and O–H groups in total. The number of amides is 2. The van der Waals surface area contributed by atoms with Crippen LogP contribution in [-0.2, 0) is 16.2 Å². The average molecular weight is 462 g/mol.